The Morgan fingerprint density at radius 1 is 1.25 bits per heavy atom. The van der Waals surface area contributed by atoms with Gasteiger partial charge in [-0.1, -0.05) is 22.9 Å². The van der Waals surface area contributed by atoms with E-state index in [1.165, 1.54) is 0 Å². The minimum absolute atomic E-state index is 0.141. The second-order valence-electron chi connectivity index (χ2n) is 4.44. The predicted octanol–water partition coefficient (Wildman–Crippen LogP) is 1.18. The van der Waals surface area contributed by atoms with E-state index in [1.54, 1.807) is 10.9 Å². The molecule has 3 rings (SSSR count). The number of aliphatic hydroxyl groups excluding tert-OH is 1. The van der Waals surface area contributed by atoms with Gasteiger partial charge in [-0.15, -0.1) is 15.3 Å². The summed E-state index contributed by atoms with van der Waals surface area (Å²) in [6.45, 7) is 2.19. The van der Waals surface area contributed by atoms with E-state index in [9.17, 15) is 0 Å². The summed E-state index contributed by atoms with van der Waals surface area (Å²) in [5, 5.41) is 24.6. The zero-order chi connectivity index (χ0) is 13.9. The van der Waals surface area contributed by atoms with Crippen LogP contribution in [0, 0.1) is 6.92 Å². The molecule has 20 heavy (non-hydrogen) atoms. The summed E-state index contributed by atoms with van der Waals surface area (Å²) in [7, 11) is 0. The summed E-state index contributed by atoms with van der Waals surface area (Å²) in [4.78, 5) is 0. The van der Waals surface area contributed by atoms with Crippen molar-refractivity contribution in [2.75, 3.05) is 0 Å². The van der Waals surface area contributed by atoms with Gasteiger partial charge in [0, 0.05) is 5.56 Å². The van der Waals surface area contributed by atoms with E-state index in [2.05, 4.69) is 20.5 Å². The van der Waals surface area contributed by atoms with Gasteiger partial charge in [-0.2, -0.15) is 0 Å². The zero-order valence-electron chi connectivity index (χ0n) is 10.9. The number of nitrogens with zero attached hydrogens (tertiary/aromatic N) is 5. The number of rotatable bonds is 4. The number of hydrogen-bond acceptors (Lipinski definition) is 6. The van der Waals surface area contributed by atoms with Crippen molar-refractivity contribution in [3.63, 3.8) is 0 Å². The van der Waals surface area contributed by atoms with Crippen LogP contribution in [-0.4, -0.2) is 30.3 Å². The van der Waals surface area contributed by atoms with Gasteiger partial charge in [0.05, 0.1) is 12.8 Å². The normalized spacial score (nSPS) is 10.9. The van der Waals surface area contributed by atoms with Crippen LogP contribution in [0.15, 0.2) is 34.9 Å². The highest BCUT2D eigenvalue weighted by atomic mass is 16.4. The molecule has 0 fully saturated rings. The molecule has 102 valence electrons. The second-order valence-corrected chi connectivity index (χ2v) is 4.44. The van der Waals surface area contributed by atoms with Crippen LogP contribution in [0.5, 0.6) is 0 Å². The fraction of sp³-hybridized carbons (Fsp3) is 0.231. The number of aliphatic hydroxyl groups is 1. The smallest absolute Gasteiger partial charge is 0.247 e. The Bertz CT molecular complexity index is 719. The Balaban J connectivity index is 1.80. The molecule has 3 aromatic rings. The molecule has 2 heterocycles. The summed E-state index contributed by atoms with van der Waals surface area (Å²) < 4.78 is 7.14. The molecule has 1 N–H and O–H groups in total. The van der Waals surface area contributed by atoms with E-state index >= 15 is 0 Å². The first kappa shape index (κ1) is 12.5. The molecule has 0 aliphatic heterocycles. The molecule has 0 amide bonds. The molecule has 0 saturated heterocycles. The fourth-order valence-electron chi connectivity index (χ4n) is 1.84. The SMILES string of the molecule is Cc1cccc(-c2nnc(Cn3cc(CO)nn3)o2)c1. The van der Waals surface area contributed by atoms with Gasteiger partial charge in [0.2, 0.25) is 11.8 Å². The molecule has 0 aliphatic carbocycles. The first-order valence-electron chi connectivity index (χ1n) is 6.14. The molecule has 0 aliphatic rings. The summed E-state index contributed by atoms with van der Waals surface area (Å²) in [6.07, 6.45) is 1.64. The van der Waals surface area contributed by atoms with Crippen molar-refractivity contribution in [1.29, 1.82) is 0 Å². The molecule has 0 atom stereocenters. The third-order valence-corrected chi connectivity index (χ3v) is 2.78. The van der Waals surface area contributed by atoms with Crippen molar-refractivity contribution in [1.82, 2.24) is 25.2 Å². The maximum atomic E-state index is 8.93. The number of benzene rings is 1. The van der Waals surface area contributed by atoms with Crippen LogP contribution >= 0.6 is 0 Å². The lowest BCUT2D eigenvalue weighted by Gasteiger charge is -1.96. The van der Waals surface area contributed by atoms with E-state index in [-0.39, 0.29) is 6.61 Å². The van der Waals surface area contributed by atoms with Crippen molar-refractivity contribution >= 4 is 0 Å². The topological polar surface area (TPSA) is 89.9 Å². The molecule has 0 bridgehead atoms. The monoisotopic (exact) mass is 271 g/mol. The van der Waals surface area contributed by atoms with E-state index in [4.69, 9.17) is 9.52 Å². The molecule has 0 unspecified atom stereocenters. The highest BCUT2D eigenvalue weighted by molar-refractivity contribution is 5.53. The number of aryl methyl sites for hydroxylation is 1. The van der Waals surface area contributed by atoms with Crippen LogP contribution < -0.4 is 0 Å². The third kappa shape index (κ3) is 2.57. The van der Waals surface area contributed by atoms with Gasteiger partial charge in [0.25, 0.3) is 0 Å². The van der Waals surface area contributed by atoms with Crippen molar-refractivity contribution in [3.05, 3.63) is 47.6 Å². The summed E-state index contributed by atoms with van der Waals surface area (Å²) in [6, 6.07) is 7.85. The summed E-state index contributed by atoms with van der Waals surface area (Å²) >= 11 is 0. The number of hydrogen-bond donors (Lipinski definition) is 1. The molecule has 0 radical (unpaired) electrons. The molecule has 7 heteroatoms. The van der Waals surface area contributed by atoms with E-state index in [1.807, 2.05) is 31.2 Å². The lowest BCUT2D eigenvalue weighted by Crippen LogP contribution is -2.00. The quantitative estimate of drug-likeness (QED) is 0.766. The van der Waals surface area contributed by atoms with Crippen molar-refractivity contribution in [2.45, 2.75) is 20.1 Å². The van der Waals surface area contributed by atoms with Crippen LogP contribution in [0.3, 0.4) is 0 Å². The lowest BCUT2D eigenvalue weighted by molar-refractivity contribution is 0.276. The van der Waals surface area contributed by atoms with Crippen LogP contribution in [0.1, 0.15) is 17.1 Å². The average Bonchev–Trinajstić information content (AvgIpc) is 3.08. The van der Waals surface area contributed by atoms with E-state index in [0.29, 0.717) is 24.0 Å². The summed E-state index contributed by atoms with van der Waals surface area (Å²) in [5.74, 6) is 0.919. The lowest BCUT2D eigenvalue weighted by atomic mass is 10.1. The van der Waals surface area contributed by atoms with Gasteiger partial charge in [0.1, 0.15) is 12.2 Å². The Morgan fingerprint density at radius 3 is 2.90 bits per heavy atom. The first-order valence-corrected chi connectivity index (χ1v) is 6.14. The van der Waals surface area contributed by atoms with Crippen LogP contribution in [-0.2, 0) is 13.2 Å². The Hall–Kier alpha value is -2.54. The fourth-order valence-corrected chi connectivity index (χ4v) is 1.84. The Labute approximate surface area is 114 Å². The van der Waals surface area contributed by atoms with Gasteiger partial charge in [-0.25, -0.2) is 4.68 Å². The molecule has 0 saturated carbocycles. The van der Waals surface area contributed by atoms with Crippen LogP contribution in [0.4, 0.5) is 0 Å². The van der Waals surface area contributed by atoms with Gasteiger partial charge < -0.3 is 9.52 Å². The summed E-state index contributed by atoms with van der Waals surface area (Å²) in [5.41, 5.74) is 2.52. The van der Waals surface area contributed by atoms with Gasteiger partial charge in [0.15, 0.2) is 0 Å². The predicted molar refractivity (Wildman–Crippen MR) is 69.5 cm³/mol. The minimum Gasteiger partial charge on any atom is -0.419 e. The highest BCUT2D eigenvalue weighted by Crippen LogP contribution is 2.19. The Morgan fingerprint density at radius 2 is 2.15 bits per heavy atom. The van der Waals surface area contributed by atoms with E-state index in [0.717, 1.165) is 11.1 Å². The third-order valence-electron chi connectivity index (χ3n) is 2.78. The molecule has 2 aromatic heterocycles. The van der Waals surface area contributed by atoms with Crippen LogP contribution in [0.25, 0.3) is 11.5 Å². The van der Waals surface area contributed by atoms with Crippen LogP contribution in [0.2, 0.25) is 0 Å². The molecular weight excluding hydrogens is 258 g/mol. The maximum Gasteiger partial charge on any atom is 0.247 e. The molecular formula is C13H13N5O2. The molecule has 0 spiro atoms. The van der Waals surface area contributed by atoms with Gasteiger partial charge >= 0.3 is 0 Å². The second kappa shape index (κ2) is 5.22. The number of aromatic nitrogens is 5. The average molecular weight is 271 g/mol. The maximum absolute atomic E-state index is 8.93. The van der Waals surface area contributed by atoms with Gasteiger partial charge in [-0.05, 0) is 19.1 Å². The zero-order valence-corrected chi connectivity index (χ0v) is 10.9. The Kier molecular flexibility index (Phi) is 3.26. The largest absolute Gasteiger partial charge is 0.419 e. The first-order chi connectivity index (χ1) is 9.74. The molecule has 1 aromatic carbocycles. The standard InChI is InChI=1S/C13H13N5O2/c1-9-3-2-4-10(5-9)13-16-15-12(20-13)7-18-6-11(8-19)14-17-18/h2-6,19H,7-8H2,1H3. The van der Waals surface area contributed by atoms with Crippen molar-refractivity contribution < 1.29 is 9.52 Å². The van der Waals surface area contributed by atoms with Gasteiger partial charge in [-0.3, -0.25) is 0 Å². The highest BCUT2D eigenvalue weighted by Gasteiger charge is 2.10. The van der Waals surface area contributed by atoms with Crippen molar-refractivity contribution in [3.8, 4) is 11.5 Å². The van der Waals surface area contributed by atoms with E-state index < -0.39 is 0 Å². The molecule has 7 nitrogen and oxygen atoms in total. The van der Waals surface area contributed by atoms with Crippen molar-refractivity contribution in [2.24, 2.45) is 0 Å². The minimum atomic E-state index is -0.141.